The number of hydrogen-bond acceptors (Lipinski definition) is 5. The fourth-order valence-electron chi connectivity index (χ4n) is 2.90. The molecule has 0 radical (unpaired) electrons. The molecular weight excluding hydrogens is 366 g/mol. The second-order valence-electron chi connectivity index (χ2n) is 8.16. The van der Waals surface area contributed by atoms with E-state index in [9.17, 15) is 4.79 Å². The highest BCUT2D eigenvalue weighted by molar-refractivity contribution is 5.96. The second-order valence-corrected chi connectivity index (χ2v) is 8.16. The Balaban J connectivity index is 1.68. The molecule has 3 aromatic rings. The maximum absolute atomic E-state index is 12.0. The minimum absolute atomic E-state index is 0.405. The first-order chi connectivity index (χ1) is 13.8. The maximum Gasteiger partial charge on any atom is 0.413 e. The van der Waals surface area contributed by atoms with E-state index in [-0.39, 0.29) is 0 Å². The van der Waals surface area contributed by atoms with E-state index < -0.39 is 11.7 Å². The highest BCUT2D eigenvalue weighted by atomic mass is 16.6. The summed E-state index contributed by atoms with van der Waals surface area (Å²) in [6, 6.07) is 7.63. The average molecular weight is 389 g/mol. The number of nitrogen functional groups attached to an aromatic ring is 1. The van der Waals surface area contributed by atoms with Gasteiger partial charge in [-0.25, -0.2) is 9.78 Å². The number of nitrogens with zero attached hydrogens (tertiary/aromatic N) is 2. The summed E-state index contributed by atoms with van der Waals surface area (Å²) < 4.78 is 5.29. The third-order valence-corrected chi connectivity index (χ3v) is 4.41. The van der Waals surface area contributed by atoms with Crippen LogP contribution in [-0.4, -0.2) is 26.9 Å². The van der Waals surface area contributed by atoms with Crippen molar-refractivity contribution in [3.8, 4) is 23.0 Å². The maximum atomic E-state index is 12.0. The molecule has 0 bridgehead atoms. The molecular formula is C22H23N5O2. The molecule has 29 heavy (non-hydrogen) atoms. The van der Waals surface area contributed by atoms with Crippen molar-refractivity contribution in [3.05, 3.63) is 36.0 Å². The van der Waals surface area contributed by atoms with Gasteiger partial charge in [-0.15, -0.1) is 0 Å². The third kappa shape index (κ3) is 4.49. The van der Waals surface area contributed by atoms with Gasteiger partial charge in [0.2, 0.25) is 0 Å². The molecule has 2 aromatic heterocycles. The summed E-state index contributed by atoms with van der Waals surface area (Å²) in [6.07, 6.45) is 3.41. The highest BCUT2D eigenvalue weighted by Crippen LogP contribution is 2.31. The Kier molecular flexibility index (Phi) is 4.63. The Morgan fingerprint density at radius 2 is 2.07 bits per heavy atom. The number of benzene rings is 1. The van der Waals surface area contributed by atoms with Crippen LogP contribution in [0, 0.1) is 17.8 Å². The van der Waals surface area contributed by atoms with Crippen molar-refractivity contribution in [3.63, 3.8) is 0 Å². The smallest absolute Gasteiger partial charge is 0.413 e. The van der Waals surface area contributed by atoms with Gasteiger partial charge in [-0.3, -0.25) is 10.4 Å². The molecule has 1 saturated carbocycles. The van der Waals surface area contributed by atoms with E-state index in [1.165, 1.54) is 0 Å². The Morgan fingerprint density at radius 3 is 2.79 bits per heavy atom. The van der Waals surface area contributed by atoms with E-state index in [1.807, 2.05) is 39.0 Å². The Hall–Kier alpha value is -3.53. The number of ether oxygens (including phenoxy) is 1. The van der Waals surface area contributed by atoms with Crippen LogP contribution in [0.2, 0.25) is 0 Å². The topological polar surface area (TPSA) is 106 Å². The Morgan fingerprint density at radius 1 is 1.28 bits per heavy atom. The number of carbonyl (C=O) groups excluding carboxylic acids is 1. The molecule has 2 heterocycles. The van der Waals surface area contributed by atoms with Crippen LogP contribution in [-0.2, 0) is 4.74 Å². The lowest BCUT2D eigenvalue weighted by Crippen LogP contribution is -2.27. The molecule has 7 heteroatoms. The number of nitrogens with one attached hydrogen (secondary N) is 2. The number of aromatic nitrogens is 3. The lowest BCUT2D eigenvalue weighted by atomic mass is 10.0. The van der Waals surface area contributed by atoms with Crippen molar-refractivity contribution in [1.82, 2.24) is 15.2 Å². The van der Waals surface area contributed by atoms with Gasteiger partial charge in [0.1, 0.15) is 11.4 Å². The SMILES string of the molecule is CC(C)(C)OC(=O)Nc1cc(-c2cc(C#CC3CC3)c3[nH]nc(N)c3c2)ccn1. The van der Waals surface area contributed by atoms with Gasteiger partial charge in [0.15, 0.2) is 5.82 Å². The number of H-pyrrole nitrogens is 1. The van der Waals surface area contributed by atoms with Crippen LogP contribution in [0.5, 0.6) is 0 Å². The number of amides is 1. The minimum atomic E-state index is -0.583. The number of nitrogens with two attached hydrogens (primary N) is 1. The number of aromatic amines is 1. The molecule has 0 saturated heterocycles. The third-order valence-electron chi connectivity index (χ3n) is 4.41. The van der Waals surface area contributed by atoms with Crippen LogP contribution >= 0.6 is 0 Å². The van der Waals surface area contributed by atoms with E-state index in [1.54, 1.807) is 12.3 Å². The largest absolute Gasteiger partial charge is 0.444 e. The van der Waals surface area contributed by atoms with Crippen LogP contribution < -0.4 is 11.1 Å². The van der Waals surface area contributed by atoms with E-state index in [0.29, 0.717) is 17.6 Å². The predicted octanol–water partition coefficient (Wildman–Crippen LogP) is 4.32. The monoisotopic (exact) mass is 389 g/mol. The molecule has 1 amide bonds. The van der Waals surface area contributed by atoms with Crippen LogP contribution in [0.25, 0.3) is 22.0 Å². The van der Waals surface area contributed by atoms with Gasteiger partial charge in [-0.2, -0.15) is 5.10 Å². The number of carbonyl (C=O) groups is 1. The summed E-state index contributed by atoms with van der Waals surface area (Å²) in [6.45, 7) is 5.43. The van der Waals surface area contributed by atoms with Crippen molar-refractivity contribution >= 4 is 28.6 Å². The molecule has 7 nitrogen and oxygen atoms in total. The molecule has 0 unspecified atom stereocenters. The number of fused-ring (bicyclic) bond motifs is 1. The van der Waals surface area contributed by atoms with Crippen molar-refractivity contribution in [2.75, 3.05) is 11.1 Å². The summed E-state index contributed by atoms with van der Waals surface area (Å²) >= 11 is 0. The van der Waals surface area contributed by atoms with Gasteiger partial charge in [0.05, 0.1) is 11.1 Å². The summed E-state index contributed by atoms with van der Waals surface area (Å²) in [7, 11) is 0. The number of rotatable bonds is 2. The average Bonchev–Trinajstić information content (AvgIpc) is 3.40. The highest BCUT2D eigenvalue weighted by Gasteiger charge is 2.19. The molecule has 1 aliphatic rings. The first kappa shape index (κ1) is 18.8. The quantitative estimate of drug-likeness (QED) is 0.566. The van der Waals surface area contributed by atoms with E-state index in [4.69, 9.17) is 10.5 Å². The normalized spacial score (nSPS) is 13.6. The van der Waals surface area contributed by atoms with Crippen LogP contribution in [0.3, 0.4) is 0 Å². The zero-order chi connectivity index (χ0) is 20.6. The van der Waals surface area contributed by atoms with Crippen molar-refractivity contribution in [1.29, 1.82) is 0 Å². The number of hydrogen-bond donors (Lipinski definition) is 3. The first-order valence-electron chi connectivity index (χ1n) is 9.54. The standard InChI is InChI=1S/C22H23N5O2/c1-22(2,3)29-21(28)25-18-12-14(8-9-24-18)16-10-15(7-6-13-4-5-13)19-17(11-16)20(23)27-26-19/h8-13H,4-5H2,1-3H3,(H3,23,26,27)(H,24,25,28). The summed E-state index contributed by atoms with van der Waals surface area (Å²) in [4.78, 5) is 16.3. The molecule has 1 aliphatic carbocycles. The molecule has 0 spiro atoms. The van der Waals surface area contributed by atoms with Gasteiger partial charge >= 0.3 is 6.09 Å². The summed E-state index contributed by atoms with van der Waals surface area (Å²) in [5.41, 5.74) is 8.94. The van der Waals surface area contributed by atoms with Gasteiger partial charge in [0, 0.05) is 17.5 Å². The summed E-state index contributed by atoms with van der Waals surface area (Å²) in [5, 5.41) is 10.6. The second kappa shape index (κ2) is 7.13. The zero-order valence-electron chi connectivity index (χ0n) is 16.7. The van der Waals surface area contributed by atoms with E-state index in [2.05, 4.69) is 32.3 Å². The first-order valence-corrected chi connectivity index (χ1v) is 9.54. The van der Waals surface area contributed by atoms with Crippen LogP contribution in [0.15, 0.2) is 30.5 Å². The van der Waals surface area contributed by atoms with Gasteiger partial charge in [-0.05, 0) is 69.0 Å². The molecule has 148 valence electrons. The van der Waals surface area contributed by atoms with E-state index in [0.717, 1.165) is 40.4 Å². The minimum Gasteiger partial charge on any atom is -0.444 e. The van der Waals surface area contributed by atoms with Crippen LogP contribution in [0.4, 0.5) is 16.4 Å². The van der Waals surface area contributed by atoms with E-state index >= 15 is 0 Å². The van der Waals surface area contributed by atoms with Gasteiger partial charge < -0.3 is 10.5 Å². The van der Waals surface area contributed by atoms with Crippen molar-refractivity contribution in [2.45, 2.75) is 39.2 Å². The molecule has 4 rings (SSSR count). The Bertz CT molecular complexity index is 1140. The predicted molar refractivity (Wildman–Crippen MR) is 113 cm³/mol. The summed E-state index contributed by atoms with van der Waals surface area (Å²) in [5.74, 6) is 7.87. The fourth-order valence-corrected chi connectivity index (χ4v) is 2.90. The van der Waals surface area contributed by atoms with Crippen LogP contribution in [0.1, 0.15) is 39.2 Å². The van der Waals surface area contributed by atoms with Crippen molar-refractivity contribution < 1.29 is 9.53 Å². The van der Waals surface area contributed by atoms with Crippen molar-refractivity contribution in [2.24, 2.45) is 5.92 Å². The lowest BCUT2D eigenvalue weighted by molar-refractivity contribution is 0.0635. The number of anilines is 2. The molecule has 0 atom stereocenters. The lowest BCUT2D eigenvalue weighted by Gasteiger charge is -2.19. The molecule has 1 fully saturated rings. The molecule has 4 N–H and O–H groups in total. The molecule has 0 aliphatic heterocycles. The van der Waals surface area contributed by atoms with Gasteiger partial charge in [0.25, 0.3) is 0 Å². The van der Waals surface area contributed by atoms with Gasteiger partial charge in [-0.1, -0.05) is 11.8 Å². The Labute approximate surface area is 169 Å². The fraction of sp³-hybridized carbons (Fsp3) is 0.318. The molecule has 1 aromatic carbocycles. The zero-order valence-corrected chi connectivity index (χ0v) is 16.7. The number of pyridine rings is 1.